The number of hydrogen-bond donors (Lipinski definition) is 0. The van der Waals surface area contributed by atoms with Crippen molar-refractivity contribution in [2.45, 2.75) is 18.3 Å². The first-order chi connectivity index (χ1) is 6.40. The third-order valence-electron chi connectivity index (χ3n) is 3.03. The Kier molecular flexibility index (Phi) is 1.29. The van der Waals surface area contributed by atoms with Crippen LogP contribution in [0.2, 0.25) is 0 Å². The second kappa shape index (κ2) is 2.34. The number of methoxy groups -OCH3 is 1. The van der Waals surface area contributed by atoms with Crippen LogP contribution in [0, 0.1) is 0 Å². The molecule has 0 aromatic carbocycles. The summed E-state index contributed by atoms with van der Waals surface area (Å²) in [5, 5.41) is 0. The molecule has 2 atom stereocenters. The van der Waals surface area contributed by atoms with Crippen molar-refractivity contribution in [3.63, 3.8) is 0 Å². The Morgan fingerprint density at radius 1 is 1.38 bits per heavy atom. The number of rotatable bonds is 1. The van der Waals surface area contributed by atoms with Crippen LogP contribution in [0.3, 0.4) is 0 Å². The molecule has 1 heterocycles. The van der Waals surface area contributed by atoms with Gasteiger partial charge in [-0.15, -0.1) is 0 Å². The van der Waals surface area contributed by atoms with E-state index in [0.717, 1.165) is 5.88 Å². The molecule has 0 N–H and O–H groups in total. The van der Waals surface area contributed by atoms with Crippen LogP contribution in [-0.4, -0.2) is 12.1 Å². The summed E-state index contributed by atoms with van der Waals surface area (Å²) in [6.45, 7) is 0. The predicted octanol–water partition coefficient (Wildman–Crippen LogP) is 2.23. The standard InChI is InChI=1S/C11H11NO/c1-13-11-10-8-3-2-7(6-8)9(10)4-5-12-11/h2-5,7-8H,6H2,1H3. The highest BCUT2D eigenvalue weighted by atomic mass is 16.5. The van der Waals surface area contributed by atoms with Crippen molar-refractivity contribution in [2.24, 2.45) is 0 Å². The number of nitrogens with zero attached hydrogens (tertiary/aromatic N) is 1. The van der Waals surface area contributed by atoms with E-state index >= 15 is 0 Å². The van der Waals surface area contributed by atoms with Crippen LogP contribution in [0.5, 0.6) is 5.88 Å². The zero-order chi connectivity index (χ0) is 8.84. The van der Waals surface area contributed by atoms with Gasteiger partial charge in [0.05, 0.1) is 7.11 Å². The van der Waals surface area contributed by atoms with Gasteiger partial charge in [-0.1, -0.05) is 12.2 Å². The van der Waals surface area contributed by atoms with E-state index in [1.54, 1.807) is 7.11 Å². The molecule has 1 aromatic heterocycles. The fourth-order valence-corrected chi connectivity index (χ4v) is 2.47. The van der Waals surface area contributed by atoms with E-state index in [2.05, 4.69) is 23.2 Å². The molecule has 2 aliphatic carbocycles. The summed E-state index contributed by atoms with van der Waals surface area (Å²) in [6, 6.07) is 2.12. The summed E-state index contributed by atoms with van der Waals surface area (Å²) >= 11 is 0. The zero-order valence-corrected chi connectivity index (χ0v) is 7.53. The molecule has 2 aliphatic rings. The molecular formula is C11H11NO. The first kappa shape index (κ1) is 7.13. The summed E-state index contributed by atoms with van der Waals surface area (Å²) in [5.41, 5.74) is 2.73. The Balaban J connectivity index is 2.23. The lowest BCUT2D eigenvalue weighted by molar-refractivity contribution is 0.391. The second-order valence-corrected chi connectivity index (χ2v) is 3.66. The van der Waals surface area contributed by atoms with Gasteiger partial charge in [0.1, 0.15) is 0 Å². The molecule has 2 unspecified atom stereocenters. The van der Waals surface area contributed by atoms with Gasteiger partial charge in [0.15, 0.2) is 0 Å². The Morgan fingerprint density at radius 2 is 2.23 bits per heavy atom. The minimum absolute atomic E-state index is 0.559. The lowest BCUT2D eigenvalue weighted by Gasteiger charge is -2.12. The highest BCUT2D eigenvalue weighted by Gasteiger charge is 2.35. The Labute approximate surface area is 77.3 Å². The largest absolute Gasteiger partial charge is 0.481 e. The van der Waals surface area contributed by atoms with Crippen LogP contribution >= 0.6 is 0 Å². The fraction of sp³-hybridized carbons (Fsp3) is 0.364. The van der Waals surface area contributed by atoms with E-state index in [1.807, 2.05) is 6.20 Å². The molecule has 3 rings (SSSR count). The maximum Gasteiger partial charge on any atom is 0.217 e. The molecule has 0 fully saturated rings. The lowest BCUT2D eigenvalue weighted by atomic mass is 9.99. The van der Waals surface area contributed by atoms with Crippen LogP contribution < -0.4 is 4.74 Å². The van der Waals surface area contributed by atoms with Crippen molar-refractivity contribution in [1.82, 2.24) is 4.98 Å². The quantitative estimate of drug-likeness (QED) is 0.607. The minimum Gasteiger partial charge on any atom is -0.481 e. The molecule has 0 radical (unpaired) electrons. The molecule has 2 heteroatoms. The van der Waals surface area contributed by atoms with E-state index in [4.69, 9.17) is 4.74 Å². The summed E-state index contributed by atoms with van der Waals surface area (Å²) < 4.78 is 5.26. The van der Waals surface area contributed by atoms with Gasteiger partial charge in [0.25, 0.3) is 0 Å². The Hall–Kier alpha value is -1.31. The minimum atomic E-state index is 0.559. The number of allylic oxidation sites excluding steroid dienone is 2. The van der Waals surface area contributed by atoms with Crippen LogP contribution in [0.15, 0.2) is 24.4 Å². The smallest absolute Gasteiger partial charge is 0.217 e. The van der Waals surface area contributed by atoms with Gasteiger partial charge < -0.3 is 4.74 Å². The summed E-state index contributed by atoms with van der Waals surface area (Å²) in [6.07, 6.45) is 7.63. The van der Waals surface area contributed by atoms with Crippen molar-refractivity contribution in [2.75, 3.05) is 7.11 Å². The van der Waals surface area contributed by atoms with Gasteiger partial charge in [0.2, 0.25) is 5.88 Å². The number of pyridine rings is 1. The van der Waals surface area contributed by atoms with E-state index in [-0.39, 0.29) is 0 Å². The van der Waals surface area contributed by atoms with Gasteiger partial charge in [-0.3, -0.25) is 0 Å². The van der Waals surface area contributed by atoms with Gasteiger partial charge in [-0.25, -0.2) is 4.98 Å². The van der Waals surface area contributed by atoms with E-state index in [1.165, 1.54) is 17.5 Å². The third kappa shape index (κ3) is 0.804. The van der Waals surface area contributed by atoms with E-state index < -0.39 is 0 Å². The summed E-state index contributed by atoms with van der Waals surface area (Å²) in [4.78, 5) is 4.23. The first-order valence-electron chi connectivity index (χ1n) is 4.61. The summed E-state index contributed by atoms with van der Waals surface area (Å²) in [7, 11) is 1.69. The van der Waals surface area contributed by atoms with Crippen LogP contribution in [0.25, 0.3) is 0 Å². The highest BCUT2D eigenvalue weighted by molar-refractivity contribution is 5.51. The normalized spacial score (nSPS) is 27.8. The molecule has 13 heavy (non-hydrogen) atoms. The first-order valence-corrected chi connectivity index (χ1v) is 4.61. The molecular weight excluding hydrogens is 162 g/mol. The van der Waals surface area contributed by atoms with Gasteiger partial charge in [-0.05, 0) is 18.1 Å². The maximum atomic E-state index is 5.26. The van der Waals surface area contributed by atoms with Crippen molar-refractivity contribution in [1.29, 1.82) is 0 Å². The Bertz CT molecular complexity index is 384. The number of fused-ring (bicyclic) bond motifs is 5. The fourth-order valence-electron chi connectivity index (χ4n) is 2.47. The van der Waals surface area contributed by atoms with Gasteiger partial charge in [0, 0.05) is 23.6 Å². The number of aromatic nitrogens is 1. The van der Waals surface area contributed by atoms with Crippen molar-refractivity contribution < 1.29 is 4.74 Å². The SMILES string of the molecule is COc1nccc2c1C1C=CC2C1. The second-order valence-electron chi connectivity index (χ2n) is 3.66. The molecule has 0 saturated heterocycles. The highest BCUT2D eigenvalue weighted by Crippen LogP contribution is 2.50. The average molecular weight is 173 g/mol. The van der Waals surface area contributed by atoms with Gasteiger partial charge in [-0.2, -0.15) is 0 Å². The van der Waals surface area contributed by atoms with E-state index in [9.17, 15) is 0 Å². The zero-order valence-electron chi connectivity index (χ0n) is 7.53. The molecule has 0 aliphatic heterocycles. The van der Waals surface area contributed by atoms with Crippen molar-refractivity contribution in [3.05, 3.63) is 35.5 Å². The lowest BCUT2D eigenvalue weighted by Crippen LogP contribution is -1.99. The molecule has 66 valence electrons. The topological polar surface area (TPSA) is 22.1 Å². The molecule has 2 bridgehead atoms. The molecule has 2 nitrogen and oxygen atoms in total. The predicted molar refractivity (Wildman–Crippen MR) is 50.0 cm³/mol. The van der Waals surface area contributed by atoms with Crippen molar-refractivity contribution in [3.8, 4) is 5.88 Å². The third-order valence-corrected chi connectivity index (χ3v) is 3.03. The van der Waals surface area contributed by atoms with Crippen molar-refractivity contribution >= 4 is 0 Å². The van der Waals surface area contributed by atoms with Crippen LogP contribution in [-0.2, 0) is 0 Å². The van der Waals surface area contributed by atoms with Crippen LogP contribution in [0.4, 0.5) is 0 Å². The summed E-state index contributed by atoms with van der Waals surface area (Å²) in [5.74, 6) is 2.00. The van der Waals surface area contributed by atoms with Crippen LogP contribution in [0.1, 0.15) is 29.4 Å². The monoisotopic (exact) mass is 173 g/mol. The number of hydrogen-bond acceptors (Lipinski definition) is 2. The molecule has 0 amide bonds. The van der Waals surface area contributed by atoms with Gasteiger partial charge >= 0.3 is 0 Å². The Morgan fingerprint density at radius 3 is 3.08 bits per heavy atom. The molecule has 0 spiro atoms. The molecule has 1 aromatic rings. The van der Waals surface area contributed by atoms with E-state index in [0.29, 0.717) is 11.8 Å². The number of ether oxygens (including phenoxy) is 1. The molecule has 0 saturated carbocycles. The maximum absolute atomic E-state index is 5.26. The average Bonchev–Trinajstić information content (AvgIpc) is 2.77.